The predicted molar refractivity (Wildman–Crippen MR) is 49.3 cm³/mol. The van der Waals surface area contributed by atoms with E-state index in [9.17, 15) is 0 Å². The molecule has 1 rings (SSSR count). The fourth-order valence-electron chi connectivity index (χ4n) is 0.492. The number of phenols is 1. The molecular weight excluding hydrogens is 271 g/mol. The minimum atomic E-state index is 0. The van der Waals surface area contributed by atoms with Gasteiger partial charge in [-0.25, -0.2) is 0 Å². The van der Waals surface area contributed by atoms with E-state index in [1.54, 1.807) is 12.1 Å². The molecule has 0 unspecified atom stereocenters. The van der Waals surface area contributed by atoms with E-state index in [-0.39, 0.29) is 35.3 Å². The van der Waals surface area contributed by atoms with Gasteiger partial charge in [-0.3, -0.25) is 0 Å². The molecule has 0 aliphatic rings. The van der Waals surface area contributed by atoms with Gasteiger partial charge >= 0.3 is 0 Å². The van der Waals surface area contributed by atoms with Gasteiger partial charge in [-0.2, -0.15) is 0 Å². The van der Waals surface area contributed by atoms with Gasteiger partial charge in [0.05, 0.1) is 4.47 Å². The Morgan fingerprint density at radius 1 is 1.20 bits per heavy atom. The van der Waals surface area contributed by atoms with Crippen LogP contribution in [0, 0.1) is 0 Å². The predicted octanol–water partition coefficient (Wildman–Crippen LogP) is 2.54. The molecule has 0 amide bonds. The first-order valence-electron chi connectivity index (χ1n) is 2.35. The molecule has 0 saturated heterocycles. The summed E-state index contributed by atoms with van der Waals surface area (Å²) in [5.41, 5.74) is 0. The number of aromatic hydroxyl groups is 1. The van der Waals surface area contributed by atoms with E-state index in [2.05, 4.69) is 31.9 Å². The molecule has 1 nitrogen and oxygen atoms in total. The number of rotatable bonds is 0. The van der Waals surface area contributed by atoms with Crippen molar-refractivity contribution in [2.24, 2.45) is 0 Å². The van der Waals surface area contributed by atoms with Crippen molar-refractivity contribution in [1.29, 1.82) is 0 Å². The van der Waals surface area contributed by atoms with E-state index >= 15 is 0 Å². The molecule has 0 aliphatic carbocycles. The number of phenolic OH excluding ortho intramolecular Hbond substituents is 1. The van der Waals surface area contributed by atoms with Crippen molar-refractivity contribution in [3.8, 4) is 5.75 Å². The van der Waals surface area contributed by atoms with Gasteiger partial charge in [-0.1, -0.05) is 6.07 Å². The monoisotopic (exact) mass is 273 g/mol. The average molecular weight is 275 g/mol. The van der Waals surface area contributed by atoms with Crippen LogP contribution in [-0.2, 0) is 0 Å². The molecule has 1 aromatic rings. The molecule has 0 atom stereocenters. The standard InChI is InChI=1S/C6H4Br2O.Na/c7-4-2-1-3-5(9)6(4)8;/h1-3,9H;. The fraction of sp³-hybridized carbons (Fsp3) is 0. The molecule has 10 heavy (non-hydrogen) atoms. The van der Waals surface area contributed by atoms with Crippen molar-refractivity contribution in [2.45, 2.75) is 0 Å². The zero-order chi connectivity index (χ0) is 6.85. The molecule has 49 valence electrons. The van der Waals surface area contributed by atoms with E-state index in [1.807, 2.05) is 6.07 Å². The molecule has 1 aromatic carbocycles. The molecule has 0 saturated carbocycles. The smallest absolute Gasteiger partial charge is 0.130 e. The number of hydrogen-bond donors (Lipinski definition) is 1. The van der Waals surface area contributed by atoms with Crippen LogP contribution < -0.4 is 0 Å². The first-order chi connectivity index (χ1) is 4.22. The van der Waals surface area contributed by atoms with Gasteiger partial charge in [0.15, 0.2) is 0 Å². The van der Waals surface area contributed by atoms with Gasteiger partial charge in [-0.05, 0) is 44.0 Å². The van der Waals surface area contributed by atoms with Crippen LogP contribution in [0.25, 0.3) is 0 Å². The van der Waals surface area contributed by atoms with Gasteiger partial charge in [0.25, 0.3) is 0 Å². The van der Waals surface area contributed by atoms with Gasteiger partial charge < -0.3 is 5.11 Å². The van der Waals surface area contributed by atoms with Crippen LogP contribution in [-0.4, -0.2) is 34.7 Å². The van der Waals surface area contributed by atoms with E-state index in [0.717, 1.165) is 4.47 Å². The molecular formula is C6H4Br2NaO. The number of hydrogen-bond acceptors (Lipinski definition) is 1. The first-order valence-corrected chi connectivity index (χ1v) is 3.93. The Bertz CT molecular complexity index is 207. The second-order valence-electron chi connectivity index (χ2n) is 1.57. The largest absolute Gasteiger partial charge is 0.507 e. The third-order valence-corrected chi connectivity index (χ3v) is 2.96. The quantitative estimate of drug-likeness (QED) is 0.721. The Hall–Kier alpha value is 0.980. The molecule has 0 heterocycles. The molecule has 1 N–H and O–H groups in total. The second-order valence-corrected chi connectivity index (χ2v) is 3.22. The summed E-state index contributed by atoms with van der Waals surface area (Å²) >= 11 is 6.42. The van der Waals surface area contributed by atoms with Gasteiger partial charge in [0, 0.05) is 34.0 Å². The summed E-state index contributed by atoms with van der Waals surface area (Å²) < 4.78 is 1.56. The van der Waals surface area contributed by atoms with Crippen molar-refractivity contribution < 1.29 is 5.11 Å². The van der Waals surface area contributed by atoms with E-state index in [0.29, 0.717) is 4.47 Å². The van der Waals surface area contributed by atoms with E-state index < -0.39 is 0 Å². The fourth-order valence-corrected chi connectivity index (χ4v) is 1.11. The topological polar surface area (TPSA) is 20.2 Å². The van der Waals surface area contributed by atoms with Crippen LogP contribution in [0.3, 0.4) is 0 Å². The SMILES string of the molecule is Oc1cccc(Br)c1Br.[Na]. The maximum absolute atomic E-state index is 9.02. The summed E-state index contributed by atoms with van der Waals surface area (Å²) in [5.74, 6) is 0.254. The minimum Gasteiger partial charge on any atom is -0.507 e. The zero-order valence-corrected chi connectivity index (χ0v) is 10.6. The number of benzene rings is 1. The van der Waals surface area contributed by atoms with Crippen LogP contribution in [0.1, 0.15) is 0 Å². The maximum Gasteiger partial charge on any atom is 0.130 e. The first kappa shape index (κ1) is 11.0. The van der Waals surface area contributed by atoms with Crippen molar-refractivity contribution >= 4 is 61.4 Å². The van der Waals surface area contributed by atoms with Crippen LogP contribution in [0.2, 0.25) is 0 Å². The summed E-state index contributed by atoms with van der Waals surface area (Å²) in [6.07, 6.45) is 0. The van der Waals surface area contributed by atoms with Gasteiger partial charge in [0.1, 0.15) is 5.75 Å². The Labute approximate surface area is 98.4 Å². The van der Waals surface area contributed by atoms with Crippen molar-refractivity contribution in [1.82, 2.24) is 0 Å². The molecule has 4 heteroatoms. The normalized spacial score (nSPS) is 8.60. The summed E-state index contributed by atoms with van der Waals surface area (Å²) in [7, 11) is 0. The molecule has 0 aliphatic heterocycles. The average Bonchev–Trinajstić information content (AvgIpc) is 1.83. The summed E-state index contributed by atoms with van der Waals surface area (Å²) in [6.45, 7) is 0. The molecule has 0 aromatic heterocycles. The molecule has 0 spiro atoms. The Morgan fingerprint density at radius 2 is 1.80 bits per heavy atom. The molecule has 0 bridgehead atoms. The van der Waals surface area contributed by atoms with Crippen molar-refractivity contribution in [3.63, 3.8) is 0 Å². The second kappa shape index (κ2) is 4.78. The molecule has 0 fully saturated rings. The van der Waals surface area contributed by atoms with E-state index in [4.69, 9.17) is 5.11 Å². The van der Waals surface area contributed by atoms with E-state index in [1.165, 1.54) is 0 Å². The van der Waals surface area contributed by atoms with Crippen molar-refractivity contribution in [2.75, 3.05) is 0 Å². The van der Waals surface area contributed by atoms with Crippen LogP contribution >= 0.6 is 31.9 Å². The summed E-state index contributed by atoms with van der Waals surface area (Å²) in [6, 6.07) is 5.24. The summed E-state index contributed by atoms with van der Waals surface area (Å²) in [5, 5.41) is 9.02. The summed E-state index contributed by atoms with van der Waals surface area (Å²) in [4.78, 5) is 0. The third kappa shape index (κ3) is 2.55. The Kier molecular flexibility index (Phi) is 5.24. The molecule has 1 radical (unpaired) electrons. The van der Waals surface area contributed by atoms with Crippen LogP contribution in [0.4, 0.5) is 0 Å². The van der Waals surface area contributed by atoms with Gasteiger partial charge in [0.2, 0.25) is 0 Å². The Balaban J connectivity index is 0.000000810. The van der Waals surface area contributed by atoms with Crippen LogP contribution in [0.5, 0.6) is 5.75 Å². The van der Waals surface area contributed by atoms with Crippen LogP contribution in [0.15, 0.2) is 27.1 Å². The number of halogens is 2. The van der Waals surface area contributed by atoms with Gasteiger partial charge in [-0.15, -0.1) is 0 Å². The minimum absolute atomic E-state index is 0. The zero-order valence-electron chi connectivity index (χ0n) is 5.44. The Morgan fingerprint density at radius 3 is 2.20 bits per heavy atom. The third-order valence-electron chi connectivity index (χ3n) is 0.931. The van der Waals surface area contributed by atoms with Crippen molar-refractivity contribution in [3.05, 3.63) is 27.1 Å². The maximum atomic E-state index is 9.02.